The molecule has 0 bridgehead atoms. The Morgan fingerprint density at radius 3 is 2.78 bits per heavy atom. The fourth-order valence-corrected chi connectivity index (χ4v) is 3.32. The van der Waals surface area contributed by atoms with Gasteiger partial charge in [0.25, 0.3) is 0 Å². The Morgan fingerprint density at radius 1 is 1.19 bits per heavy atom. The lowest BCUT2D eigenvalue weighted by Gasteiger charge is -2.35. The van der Waals surface area contributed by atoms with Crippen molar-refractivity contribution in [2.75, 3.05) is 38.2 Å². The van der Waals surface area contributed by atoms with E-state index < -0.39 is 11.6 Å². The van der Waals surface area contributed by atoms with E-state index in [2.05, 4.69) is 24.9 Å². The van der Waals surface area contributed by atoms with Crippen LogP contribution in [-0.2, 0) is 17.9 Å². The first kappa shape index (κ1) is 17.7. The number of piperazine rings is 1. The number of anilines is 1. The fraction of sp³-hybridized carbons (Fsp3) is 0.389. The van der Waals surface area contributed by atoms with E-state index in [1.807, 2.05) is 0 Å². The monoisotopic (exact) mass is 375 g/mol. The maximum absolute atomic E-state index is 14.0. The van der Waals surface area contributed by atoms with Crippen LogP contribution in [0.3, 0.4) is 0 Å². The van der Waals surface area contributed by atoms with Gasteiger partial charge >= 0.3 is 0 Å². The predicted molar refractivity (Wildman–Crippen MR) is 94.2 cm³/mol. The van der Waals surface area contributed by atoms with Crippen molar-refractivity contribution < 1.29 is 18.0 Å². The Morgan fingerprint density at radius 2 is 2.00 bits per heavy atom. The number of fused-ring (bicyclic) bond motifs is 1. The predicted octanol–water partition coefficient (Wildman–Crippen LogP) is 2.36. The van der Waals surface area contributed by atoms with Crippen LogP contribution < -0.4 is 4.90 Å². The second-order valence-corrected chi connectivity index (χ2v) is 6.41. The van der Waals surface area contributed by atoms with Crippen LogP contribution in [0.5, 0.6) is 0 Å². The van der Waals surface area contributed by atoms with Crippen LogP contribution in [0.1, 0.15) is 11.7 Å². The van der Waals surface area contributed by atoms with E-state index >= 15 is 0 Å². The molecule has 9 heteroatoms. The molecule has 1 aliphatic heterocycles. The van der Waals surface area contributed by atoms with Crippen molar-refractivity contribution in [2.45, 2.75) is 13.2 Å². The molecule has 0 unspecified atom stereocenters. The Labute approximate surface area is 154 Å². The molecule has 4 rings (SSSR count). The minimum Gasteiger partial charge on any atom is -0.377 e. The molecule has 2 aromatic heterocycles. The first-order chi connectivity index (χ1) is 13.1. The maximum Gasteiger partial charge on any atom is 0.240 e. The molecule has 1 fully saturated rings. The number of ether oxygens (including phenoxy) is 1. The number of hydrogen-bond acceptors (Lipinski definition) is 7. The van der Waals surface area contributed by atoms with Gasteiger partial charge in [0.2, 0.25) is 5.89 Å². The standard InChI is InChI=1S/C18H19F2N5O2/c1-26-11-16-22-17(27-23-16)10-24-4-6-25(7-5-24)15-2-3-21-18-13(15)8-12(19)9-14(18)20/h2-3,8-9H,4-7,10-11H2,1H3. The zero-order valence-electron chi connectivity index (χ0n) is 14.9. The van der Waals surface area contributed by atoms with E-state index in [4.69, 9.17) is 9.26 Å². The number of pyridine rings is 1. The molecular formula is C18H19F2N5O2. The van der Waals surface area contributed by atoms with Gasteiger partial charge in [-0.3, -0.25) is 9.88 Å². The summed E-state index contributed by atoms with van der Waals surface area (Å²) < 4.78 is 37.9. The number of halogens is 2. The lowest BCUT2D eigenvalue weighted by atomic mass is 10.1. The molecule has 1 aliphatic rings. The molecule has 0 radical (unpaired) electrons. The average molecular weight is 375 g/mol. The zero-order chi connectivity index (χ0) is 18.8. The summed E-state index contributed by atoms with van der Waals surface area (Å²) in [5.74, 6) is -0.169. The van der Waals surface area contributed by atoms with Crippen molar-refractivity contribution in [3.8, 4) is 0 Å². The van der Waals surface area contributed by atoms with Crippen LogP contribution in [0, 0.1) is 11.6 Å². The minimum atomic E-state index is -0.645. The van der Waals surface area contributed by atoms with Gasteiger partial charge in [0.1, 0.15) is 17.9 Å². The molecule has 0 aliphatic carbocycles. The number of methoxy groups -OCH3 is 1. The Bertz CT molecular complexity index is 941. The zero-order valence-corrected chi connectivity index (χ0v) is 14.9. The molecule has 0 N–H and O–H groups in total. The first-order valence-corrected chi connectivity index (χ1v) is 8.65. The molecule has 3 heterocycles. The summed E-state index contributed by atoms with van der Waals surface area (Å²) in [6.07, 6.45) is 1.56. The second kappa shape index (κ2) is 7.53. The maximum atomic E-state index is 14.0. The molecular weight excluding hydrogens is 356 g/mol. The lowest BCUT2D eigenvalue weighted by Crippen LogP contribution is -2.46. The SMILES string of the molecule is COCc1noc(CN2CCN(c3ccnc4c(F)cc(F)cc34)CC2)n1. The van der Waals surface area contributed by atoms with Gasteiger partial charge in [0.05, 0.1) is 6.54 Å². The van der Waals surface area contributed by atoms with Gasteiger partial charge in [-0.05, 0) is 12.1 Å². The topological polar surface area (TPSA) is 67.5 Å². The number of nitrogens with zero attached hydrogens (tertiary/aromatic N) is 5. The molecule has 7 nitrogen and oxygen atoms in total. The normalized spacial score (nSPS) is 15.6. The summed E-state index contributed by atoms with van der Waals surface area (Å²) in [7, 11) is 1.58. The fourth-order valence-electron chi connectivity index (χ4n) is 3.32. The lowest BCUT2D eigenvalue weighted by molar-refractivity contribution is 0.174. The van der Waals surface area contributed by atoms with Crippen LogP contribution in [0.15, 0.2) is 28.9 Å². The van der Waals surface area contributed by atoms with Crippen LogP contribution in [0.25, 0.3) is 10.9 Å². The van der Waals surface area contributed by atoms with E-state index in [0.29, 0.717) is 30.3 Å². The van der Waals surface area contributed by atoms with E-state index in [-0.39, 0.29) is 5.52 Å². The molecule has 0 amide bonds. The second-order valence-electron chi connectivity index (χ2n) is 6.41. The smallest absolute Gasteiger partial charge is 0.240 e. The minimum absolute atomic E-state index is 0.188. The number of benzene rings is 1. The summed E-state index contributed by atoms with van der Waals surface area (Å²) in [5.41, 5.74) is 0.978. The summed E-state index contributed by atoms with van der Waals surface area (Å²) in [4.78, 5) is 12.6. The molecule has 142 valence electrons. The third kappa shape index (κ3) is 3.74. The molecule has 0 atom stereocenters. The summed E-state index contributed by atoms with van der Waals surface area (Å²) in [6.45, 7) is 3.85. The van der Waals surface area contributed by atoms with E-state index in [0.717, 1.165) is 37.9 Å². The first-order valence-electron chi connectivity index (χ1n) is 8.65. The van der Waals surface area contributed by atoms with E-state index in [9.17, 15) is 8.78 Å². The largest absolute Gasteiger partial charge is 0.377 e. The van der Waals surface area contributed by atoms with Crippen LogP contribution in [0.4, 0.5) is 14.5 Å². The highest BCUT2D eigenvalue weighted by molar-refractivity contribution is 5.92. The van der Waals surface area contributed by atoms with E-state index in [1.54, 1.807) is 19.4 Å². The van der Waals surface area contributed by atoms with Gasteiger partial charge in [-0.2, -0.15) is 4.98 Å². The molecule has 1 saturated heterocycles. The Balaban J connectivity index is 1.45. The highest BCUT2D eigenvalue weighted by Gasteiger charge is 2.21. The average Bonchev–Trinajstić information content (AvgIpc) is 3.09. The Kier molecular flexibility index (Phi) is 4.95. The van der Waals surface area contributed by atoms with Gasteiger partial charge in [-0.25, -0.2) is 8.78 Å². The molecule has 0 spiro atoms. The van der Waals surface area contributed by atoms with Gasteiger partial charge < -0.3 is 14.2 Å². The van der Waals surface area contributed by atoms with Gasteiger partial charge in [-0.1, -0.05) is 5.16 Å². The highest BCUT2D eigenvalue weighted by Crippen LogP contribution is 2.28. The summed E-state index contributed by atoms with van der Waals surface area (Å²) >= 11 is 0. The summed E-state index contributed by atoms with van der Waals surface area (Å²) in [5, 5.41) is 4.35. The molecule has 3 aromatic rings. The van der Waals surface area contributed by atoms with Gasteiger partial charge in [0, 0.05) is 56.6 Å². The molecule has 1 aromatic carbocycles. The third-order valence-electron chi connectivity index (χ3n) is 4.60. The van der Waals surface area contributed by atoms with Crippen molar-refractivity contribution >= 4 is 16.6 Å². The Hall–Kier alpha value is -2.65. The number of rotatable bonds is 5. The van der Waals surface area contributed by atoms with Crippen molar-refractivity contribution in [3.63, 3.8) is 0 Å². The van der Waals surface area contributed by atoms with Gasteiger partial charge in [-0.15, -0.1) is 0 Å². The van der Waals surface area contributed by atoms with Crippen LogP contribution in [0.2, 0.25) is 0 Å². The van der Waals surface area contributed by atoms with Crippen LogP contribution in [-0.4, -0.2) is 53.3 Å². The van der Waals surface area contributed by atoms with Crippen molar-refractivity contribution in [1.82, 2.24) is 20.0 Å². The number of aromatic nitrogens is 3. The third-order valence-corrected chi connectivity index (χ3v) is 4.60. The molecule has 0 saturated carbocycles. The summed E-state index contributed by atoms with van der Waals surface area (Å²) in [6, 6.07) is 3.99. The number of hydrogen-bond donors (Lipinski definition) is 0. The van der Waals surface area contributed by atoms with E-state index in [1.165, 1.54) is 6.07 Å². The van der Waals surface area contributed by atoms with Crippen molar-refractivity contribution in [3.05, 3.63) is 47.7 Å². The highest BCUT2D eigenvalue weighted by atomic mass is 19.1. The molecule has 27 heavy (non-hydrogen) atoms. The van der Waals surface area contributed by atoms with Crippen molar-refractivity contribution in [2.24, 2.45) is 0 Å². The van der Waals surface area contributed by atoms with Crippen LogP contribution >= 0.6 is 0 Å². The van der Waals surface area contributed by atoms with Crippen molar-refractivity contribution in [1.29, 1.82) is 0 Å². The van der Waals surface area contributed by atoms with Gasteiger partial charge in [0.15, 0.2) is 11.6 Å². The quantitative estimate of drug-likeness (QED) is 0.678.